The Bertz CT molecular complexity index is 1510. The van der Waals surface area contributed by atoms with Gasteiger partial charge in [0, 0.05) is 36.0 Å². The number of nitriles is 1. The highest BCUT2D eigenvalue weighted by Gasteiger charge is 2.42. The highest BCUT2D eigenvalue weighted by molar-refractivity contribution is 6.74. The van der Waals surface area contributed by atoms with Gasteiger partial charge in [-0.25, -0.2) is 19.2 Å². The van der Waals surface area contributed by atoms with Gasteiger partial charge in [-0.3, -0.25) is 0 Å². The summed E-state index contributed by atoms with van der Waals surface area (Å²) in [6.07, 6.45) is 1.61. The number of benzene rings is 2. The van der Waals surface area contributed by atoms with Crippen LogP contribution in [0.15, 0.2) is 36.5 Å². The summed E-state index contributed by atoms with van der Waals surface area (Å²) in [5, 5.41) is 16.6. The van der Waals surface area contributed by atoms with Gasteiger partial charge in [-0.15, -0.1) is 0 Å². The van der Waals surface area contributed by atoms with Crippen LogP contribution >= 0.6 is 0 Å². The van der Waals surface area contributed by atoms with Gasteiger partial charge in [0.25, 0.3) is 0 Å². The van der Waals surface area contributed by atoms with E-state index in [1.165, 1.54) is 19.2 Å². The zero-order chi connectivity index (χ0) is 29.5. The molecular weight excluding hydrogens is 525 g/mol. The summed E-state index contributed by atoms with van der Waals surface area (Å²) in [6.45, 7) is 16.2. The molecule has 10 heteroatoms. The number of methoxy groups -OCH3 is 1. The van der Waals surface area contributed by atoms with Crippen molar-refractivity contribution in [1.82, 2.24) is 9.97 Å². The maximum Gasteiger partial charge on any atom is 0.340 e. The normalized spacial score (nSPS) is 16.6. The maximum absolute atomic E-state index is 14.3. The number of halogens is 1. The van der Waals surface area contributed by atoms with Gasteiger partial charge in [0.05, 0.1) is 29.6 Å². The van der Waals surface area contributed by atoms with E-state index in [9.17, 15) is 14.4 Å². The van der Waals surface area contributed by atoms with E-state index in [4.69, 9.17) is 9.16 Å². The number of aryl methyl sites for hydroxylation is 1. The molecule has 210 valence electrons. The number of carbonyl (C=O) groups excluding carboxylic acids is 1. The van der Waals surface area contributed by atoms with Crippen LogP contribution in [0.1, 0.15) is 54.7 Å². The highest BCUT2D eigenvalue weighted by Crippen LogP contribution is 2.44. The van der Waals surface area contributed by atoms with Crippen molar-refractivity contribution in [2.24, 2.45) is 0 Å². The first-order valence-electron chi connectivity index (χ1n) is 13.1. The molecule has 0 amide bonds. The van der Waals surface area contributed by atoms with Crippen LogP contribution < -0.4 is 10.6 Å². The lowest BCUT2D eigenvalue weighted by Crippen LogP contribution is -2.45. The van der Waals surface area contributed by atoms with Gasteiger partial charge in [-0.05, 0) is 66.5 Å². The largest absolute Gasteiger partial charge is 0.465 e. The molecule has 3 aromatic rings. The zero-order valence-corrected chi connectivity index (χ0v) is 25.3. The number of nitrogens with one attached hydrogen (secondary N) is 2. The van der Waals surface area contributed by atoms with E-state index in [0.29, 0.717) is 35.7 Å². The molecule has 0 bridgehead atoms. The summed E-state index contributed by atoms with van der Waals surface area (Å²) < 4.78 is 25.6. The fourth-order valence-corrected chi connectivity index (χ4v) is 5.49. The first-order chi connectivity index (χ1) is 18.7. The minimum Gasteiger partial charge on any atom is -0.465 e. The molecule has 0 spiro atoms. The summed E-state index contributed by atoms with van der Waals surface area (Å²) in [6, 6.07) is 10.6. The van der Waals surface area contributed by atoms with Crippen LogP contribution in [0.5, 0.6) is 0 Å². The van der Waals surface area contributed by atoms with Crippen LogP contribution in [0.25, 0.3) is 11.3 Å². The summed E-state index contributed by atoms with van der Waals surface area (Å²) in [4.78, 5) is 21.0. The fraction of sp³-hybridized carbons (Fsp3) is 0.400. The van der Waals surface area contributed by atoms with Crippen LogP contribution in [-0.4, -0.2) is 44.5 Å². The van der Waals surface area contributed by atoms with Crippen molar-refractivity contribution in [2.45, 2.75) is 58.2 Å². The Hall–Kier alpha value is -3.81. The van der Waals surface area contributed by atoms with Gasteiger partial charge in [-0.1, -0.05) is 27.7 Å². The van der Waals surface area contributed by atoms with Crippen molar-refractivity contribution < 1.29 is 18.3 Å². The molecule has 1 atom stereocenters. The molecular formula is C30H36FN5O3Si. The van der Waals surface area contributed by atoms with E-state index >= 15 is 0 Å². The van der Waals surface area contributed by atoms with E-state index in [0.717, 1.165) is 16.8 Å². The average molecular weight is 562 g/mol. The van der Waals surface area contributed by atoms with Gasteiger partial charge in [0.15, 0.2) is 8.32 Å². The van der Waals surface area contributed by atoms with Crippen LogP contribution in [-0.2, 0) is 14.6 Å². The summed E-state index contributed by atoms with van der Waals surface area (Å²) >= 11 is 0. The number of nitrogens with zero attached hydrogens (tertiary/aromatic N) is 3. The Morgan fingerprint density at radius 2 is 2.00 bits per heavy atom. The van der Waals surface area contributed by atoms with Gasteiger partial charge < -0.3 is 19.8 Å². The van der Waals surface area contributed by atoms with Crippen molar-refractivity contribution in [3.8, 4) is 17.3 Å². The van der Waals surface area contributed by atoms with E-state index < -0.39 is 20.1 Å². The molecule has 8 nitrogen and oxygen atoms in total. The quantitative estimate of drug-likeness (QED) is 0.242. The number of hydrogen-bond donors (Lipinski definition) is 2. The Kier molecular flexibility index (Phi) is 7.76. The van der Waals surface area contributed by atoms with Crippen molar-refractivity contribution >= 4 is 31.6 Å². The summed E-state index contributed by atoms with van der Waals surface area (Å²) in [5.41, 5.74) is 4.32. The molecule has 4 rings (SSSR count). The SMILES string of the molecule is COC(=O)c1cc(Nc2nccc(-c3cc(C#N)c4c(c3)[C@@](C)(CO[Si](C)(C)C(C)(C)C)CN4)n2)c(C)cc1F. The van der Waals surface area contributed by atoms with Gasteiger partial charge in [0.2, 0.25) is 5.95 Å². The Morgan fingerprint density at radius 3 is 2.65 bits per heavy atom. The van der Waals surface area contributed by atoms with Crippen molar-refractivity contribution in [2.75, 3.05) is 30.9 Å². The summed E-state index contributed by atoms with van der Waals surface area (Å²) in [7, 11) is -0.779. The lowest BCUT2D eigenvalue weighted by Gasteiger charge is -2.39. The molecule has 2 heterocycles. The molecule has 0 aliphatic carbocycles. The van der Waals surface area contributed by atoms with E-state index in [1.807, 2.05) is 6.07 Å². The van der Waals surface area contributed by atoms with Crippen LogP contribution in [0, 0.1) is 24.1 Å². The molecule has 0 radical (unpaired) electrons. The van der Waals surface area contributed by atoms with Gasteiger partial charge >= 0.3 is 5.97 Å². The number of hydrogen-bond acceptors (Lipinski definition) is 8. The summed E-state index contributed by atoms with van der Waals surface area (Å²) in [5.74, 6) is -1.17. The number of anilines is 3. The van der Waals surface area contributed by atoms with Crippen LogP contribution in [0.2, 0.25) is 18.1 Å². The topological polar surface area (TPSA) is 109 Å². The number of carbonyl (C=O) groups is 1. The van der Waals surface area contributed by atoms with Gasteiger partial charge in [-0.2, -0.15) is 5.26 Å². The third kappa shape index (κ3) is 5.57. The molecule has 0 saturated heterocycles. The monoisotopic (exact) mass is 561 g/mol. The van der Waals surface area contributed by atoms with Crippen molar-refractivity contribution in [3.63, 3.8) is 0 Å². The molecule has 1 aromatic heterocycles. The second-order valence-electron chi connectivity index (χ2n) is 12.1. The number of rotatable bonds is 7. The van der Waals surface area contributed by atoms with E-state index in [-0.39, 0.29) is 22.0 Å². The minimum atomic E-state index is -1.98. The van der Waals surface area contributed by atoms with Crippen LogP contribution in [0.3, 0.4) is 0 Å². The second kappa shape index (κ2) is 10.6. The molecule has 1 aliphatic rings. The molecule has 2 aromatic carbocycles. The number of aromatic nitrogens is 2. The van der Waals surface area contributed by atoms with Gasteiger partial charge in [0.1, 0.15) is 11.9 Å². The molecule has 0 saturated carbocycles. The molecule has 40 heavy (non-hydrogen) atoms. The van der Waals surface area contributed by atoms with E-state index in [2.05, 4.69) is 73.5 Å². The molecule has 1 aliphatic heterocycles. The first kappa shape index (κ1) is 29.2. The lowest BCUT2D eigenvalue weighted by molar-refractivity contribution is 0.0595. The Morgan fingerprint density at radius 1 is 1.27 bits per heavy atom. The lowest BCUT2D eigenvalue weighted by atomic mass is 9.83. The maximum atomic E-state index is 14.3. The smallest absolute Gasteiger partial charge is 0.340 e. The van der Waals surface area contributed by atoms with E-state index in [1.54, 1.807) is 19.2 Å². The first-order valence-corrected chi connectivity index (χ1v) is 16.1. The highest BCUT2D eigenvalue weighted by atomic mass is 28.4. The predicted molar refractivity (Wildman–Crippen MR) is 157 cm³/mol. The zero-order valence-electron chi connectivity index (χ0n) is 24.3. The molecule has 0 unspecified atom stereocenters. The third-order valence-electron chi connectivity index (χ3n) is 8.04. The fourth-order valence-electron chi connectivity index (χ4n) is 4.38. The molecule has 2 N–H and O–H groups in total. The molecule has 0 fully saturated rings. The third-order valence-corrected chi connectivity index (χ3v) is 12.5. The standard InChI is InChI=1S/C30H36FN5O3Si/c1-18-11-23(31)21(27(37)38-6)14-25(18)36-28-33-10-9-24(35-28)19-12-20(15-32)26-22(13-19)30(5,16-34-26)17-39-40(7,8)29(2,3)4/h9-14,34H,16-17H2,1-8H3,(H,33,35,36)/t30-/m1/s1. The number of esters is 1. The van der Waals surface area contributed by atoms with Crippen molar-refractivity contribution in [1.29, 1.82) is 5.26 Å². The average Bonchev–Trinajstić information content (AvgIpc) is 3.24. The predicted octanol–water partition coefficient (Wildman–Crippen LogP) is 6.70. The van der Waals surface area contributed by atoms with Crippen molar-refractivity contribution in [3.05, 3.63) is 64.6 Å². The Balaban J connectivity index is 1.68. The minimum absolute atomic E-state index is 0.0860. The number of fused-ring (bicyclic) bond motifs is 1. The second-order valence-corrected chi connectivity index (χ2v) is 16.9. The number of ether oxygens (including phenoxy) is 1. The van der Waals surface area contributed by atoms with Crippen LogP contribution in [0.4, 0.5) is 21.7 Å². The Labute approximate surface area is 236 Å².